The minimum Gasteiger partial charge on any atom is -0.490 e. The van der Waals surface area contributed by atoms with Crippen molar-refractivity contribution in [3.05, 3.63) is 48.0 Å². The average molecular weight is 364 g/mol. The van der Waals surface area contributed by atoms with Crippen LogP contribution >= 0.6 is 0 Å². The number of hydrogen-bond acceptors (Lipinski definition) is 6. The Kier molecular flexibility index (Phi) is 5.15. The summed E-state index contributed by atoms with van der Waals surface area (Å²) in [5.74, 6) is 1.60. The maximum atomic E-state index is 12.3. The molecule has 0 aromatic heterocycles. The van der Waals surface area contributed by atoms with Crippen molar-refractivity contribution in [1.29, 1.82) is 0 Å². The van der Waals surface area contributed by atoms with Crippen LogP contribution in [-0.4, -0.2) is 34.3 Å². The molecule has 0 fully saturated rings. The first-order valence-electron chi connectivity index (χ1n) is 8.01. The molecule has 0 spiro atoms. The number of para-hydroxylation sites is 1. The minimum absolute atomic E-state index is 0.116. The highest BCUT2D eigenvalue weighted by atomic mass is 32.2. The first-order chi connectivity index (χ1) is 12.0. The molecule has 0 radical (unpaired) electrons. The molecule has 1 aliphatic heterocycles. The monoisotopic (exact) mass is 364 g/mol. The molecule has 0 amide bonds. The molecule has 2 aromatic rings. The number of hydrogen-bond donors (Lipinski definition) is 0. The van der Waals surface area contributed by atoms with Gasteiger partial charge in [0.15, 0.2) is 17.6 Å². The van der Waals surface area contributed by atoms with Crippen LogP contribution in [0.1, 0.15) is 12.5 Å². The molecular formula is C18H20O6S. The fourth-order valence-electron chi connectivity index (χ4n) is 2.40. The second-order valence-corrected chi connectivity index (χ2v) is 7.23. The lowest BCUT2D eigenvalue weighted by Crippen LogP contribution is -2.34. The molecule has 0 bridgehead atoms. The molecule has 134 valence electrons. The third kappa shape index (κ3) is 4.05. The molecule has 0 aliphatic carbocycles. The summed E-state index contributed by atoms with van der Waals surface area (Å²) < 4.78 is 46.6. The van der Waals surface area contributed by atoms with Gasteiger partial charge >= 0.3 is 0 Å². The standard InChI is InChI=1S/C18H20O6S/c1-3-21-16-5-4-6-17-18(16)24-14(11-22-17)12-23-25(19,20)15-9-7-13(2)8-10-15/h4-10,14H,3,11-12H2,1-2H3. The topological polar surface area (TPSA) is 71.1 Å². The fraction of sp³-hybridized carbons (Fsp3) is 0.333. The van der Waals surface area contributed by atoms with E-state index in [1.807, 2.05) is 19.9 Å². The summed E-state index contributed by atoms with van der Waals surface area (Å²) in [6.45, 7) is 4.31. The van der Waals surface area contributed by atoms with Crippen molar-refractivity contribution in [3.63, 3.8) is 0 Å². The number of rotatable bonds is 6. The van der Waals surface area contributed by atoms with E-state index in [2.05, 4.69) is 0 Å². The van der Waals surface area contributed by atoms with Crippen LogP contribution in [0.15, 0.2) is 47.4 Å². The van der Waals surface area contributed by atoms with Crippen molar-refractivity contribution in [3.8, 4) is 17.2 Å². The largest absolute Gasteiger partial charge is 0.490 e. The Hall–Kier alpha value is -2.25. The summed E-state index contributed by atoms with van der Waals surface area (Å²) in [5, 5.41) is 0. The maximum Gasteiger partial charge on any atom is 0.297 e. The smallest absolute Gasteiger partial charge is 0.297 e. The van der Waals surface area contributed by atoms with Gasteiger partial charge in [0.25, 0.3) is 10.1 Å². The SMILES string of the molecule is CCOc1cccc2c1OC(COS(=O)(=O)c1ccc(C)cc1)CO2. The summed E-state index contributed by atoms with van der Waals surface area (Å²) in [6.07, 6.45) is -0.547. The van der Waals surface area contributed by atoms with E-state index in [1.165, 1.54) is 12.1 Å². The zero-order valence-corrected chi connectivity index (χ0v) is 14.9. The summed E-state index contributed by atoms with van der Waals surface area (Å²) >= 11 is 0. The fourth-order valence-corrected chi connectivity index (χ4v) is 3.34. The van der Waals surface area contributed by atoms with E-state index in [-0.39, 0.29) is 18.1 Å². The van der Waals surface area contributed by atoms with Gasteiger partial charge in [0.1, 0.15) is 13.2 Å². The van der Waals surface area contributed by atoms with Crippen LogP contribution in [0.3, 0.4) is 0 Å². The Morgan fingerprint density at radius 2 is 1.92 bits per heavy atom. The molecule has 1 heterocycles. The molecule has 1 aliphatic rings. The van der Waals surface area contributed by atoms with Gasteiger partial charge in [0, 0.05) is 0 Å². The van der Waals surface area contributed by atoms with Crippen LogP contribution in [0.4, 0.5) is 0 Å². The van der Waals surface area contributed by atoms with Gasteiger partial charge in [-0.15, -0.1) is 0 Å². The summed E-state index contributed by atoms with van der Waals surface area (Å²) in [5.41, 5.74) is 0.975. The first-order valence-corrected chi connectivity index (χ1v) is 9.42. The summed E-state index contributed by atoms with van der Waals surface area (Å²) in [7, 11) is -3.84. The molecule has 1 atom stereocenters. The van der Waals surface area contributed by atoms with Gasteiger partial charge in [0.05, 0.1) is 11.5 Å². The van der Waals surface area contributed by atoms with Crippen LogP contribution < -0.4 is 14.2 Å². The molecule has 3 rings (SSSR count). The zero-order chi connectivity index (χ0) is 17.9. The summed E-state index contributed by atoms with van der Waals surface area (Å²) in [6, 6.07) is 11.8. The van der Waals surface area contributed by atoms with Crippen LogP contribution in [0, 0.1) is 6.92 Å². The van der Waals surface area contributed by atoms with Gasteiger partial charge in [0.2, 0.25) is 5.75 Å². The van der Waals surface area contributed by atoms with Crippen LogP contribution in [0.2, 0.25) is 0 Å². The van der Waals surface area contributed by atoms with Crippen LogP contribution in [0.5, 0.6) is 17.2 Å². The second-order valence-electron chi connectivity index (χ2n) is 5.62. The molecule has 0 saturated carbocycles. The van der Waals surface area contributed by atoms with Gasteiger partial charge in [-0.1, -0.05) is 23.8 Å². The lowest BCUT2D eigenvalue weighted by atomic mass is 10.2. The average Bonchev–Trinajstić information content (AvgIpc) is 2.61. The van der Waals surface area contributed by atoms with Gasteiger partial charge < -0.3 is 14.2 Å². The van der Waals surface area contributed by atoms with E-state index in [1.54, 1.807) is 24.3 Å². The molecule has 0 N–H and O–H groups in total. The van der Waals surface area contributed by atoms with E-state index < -0.39 is 16.2 Å². The first kappa shape index (κ1) is 17.6. The Morgan fingerprint density at radius 1 is 1.16 bits per heavy atom. The van der Waals surface area contributed by atoms with E-state index in [0.717, 1.165) is 5.56 Å². The van der Waals surface area contributed by atoms with Crippen molar-refractivity contribution in [2.24, 2.45) is 0 Å². The minimum atomic E-state index is -3.84. The number of benzene rings is 2. The van der Waals surface area contributed by atoms with Crippen molar-refractivity contribution in [2.75, 3.05) is 19.8 Å². The van der Waals surface area contributed by atoms with Crippen molar-refractivity contribution >= 4 is 10.1 Å². The van der Waals surface area contributed by atoms with Gasteiger partial charge in [-0.25, -0.2) is 0 Å². The molecule has 1 unspecified atom stereocenters. The second kappa shape index (κ2) is 7.33. The van der Waals surface area contributed by atoms with Gasteiger partial charge in [-0.3, -0.25) is 4.18 Å². The molecule has 7 heteroatoms. The van der Waals surface area contributed by atoms with Gasteiger partial charge in [-0.05, 0) is 38.1 Å². The summed E-state index contributed by atoms with van der Waals surface area (Å²) in [4.78, 5) is 0.116. The molecule has 2 aromatic carbocycles. The van der Waals surface area contributed by atoms with Crippen LogP contribution in [0.25, 0.3) is 0 Å². The van der Waals surface area contributed by atoms with Gasteiger partial charge in [-0.2, -0.15) is 8.42 Å². The normalized spacial score (nSPS) is 16.5. The van der Waals surface area contributed by atoms with E-state index in [0.29, 0.717) is 23.9 Å². The third-order valence-electron chi connectivity index (χ3n) is 3.67. The number of fused-ring (bicyclic) bond motifs is 1. The molecule has 25 heavy (non-hydrogen) atoms. The number of aryl methyl sites for hydroxylation is 1. The maximum absolute atomic E-state index is 12.3. The van der Waals surface area contributed by atoms with Crippen LogP contribution in [-0.2, 0) is 14.3 Å². The Morgan fingerprint density at radius 3 is 2.64 bits per heavy atom. The lowest BCUT2D eigenvalue weighted by Gasteiger charge is -2.27. The van der Waals surface area contributed by atoms with E-state index in [4.69, 9.17) is 18.4 Å². The van der Waals surface area contributed by atoms with E-state index in [9.17, 15) is 8.42 Å². The molecule has 6 nitrogen and oxygen atoms in total. The quantitative estimate of drug-likeness (QED) is 0.734. The van der Waals surface area contributed by atoms with E-state index >= 15 is 0 Å². The Labute approximate surface area is 147 Å². The van der Waals surface area contributed by atoms with Crippen molar-refractivity contribution < 1.29 is 26.8 Å². The zero-order valence-electron chi connectivity index (χ0n) is 14.1. The lowest BCUT2D eigenvalue weighted by molar-refractivity contribution is 0.0520. The Bertz CT molecular complexity index is 829. The highest BCUT2D eigenvalue weighted by molar-refractivity contribution is 7.86. The predicted molar refractivity (Wildman–Crippen MR) is 91.8 cm³/mol. The molecule has 0 saturated heterocycles. The van der Waals surface area contributed by atoms with Crippen molar-refractivity contribution in [1.82, 2.24) is 0 Å². The highest BCUT2D eigenvalue weighted by Crippen LogP contribution is 2.40. The van der Waals surface area contributed by atoms with Crippen molar-refractivity contribution in [2.45, 2.75) is 24.8 Å². The third-order valence-corrected chi connectivity index (χ3v) is 4.97. The highest BCUT2D eigenvalue weighted by Gasteiger charge is 2.27. The Balaban J connectivity index is 1.68. The number of ether oxygens (including phenoxy) is 3. The predicted octanol–water partition coefficient (Wildman–Crippen LogP) is 2.94. The molecular weight excluding hydrogens is 344 g/mol.